The van der Waals surface area contributed by atoms with Crippen molar-refractivity contribution in [3.63, 3.8) is 0 Å². The molecule has 0 saturated heterocycles. The van der Waals surface area contributed by atoms with E-state index in [0.29, 0.717) is 29.6 Å². The number of aryl methyl sites for hydroxylation is 2. The Bertz CT molecular complexity index is 654. The fraction of sp³-hybridized carbons (Fsp3) is 0.625. The summed E-state index contributed by atoms with van der Waals surface area (Å²) in [5.74, 6) is 2.05. The predicted octanol–water partition coefficient (Wildman–Crippen LogP) is 2.60. The van der Waals surface area contributed by atoms with Gasteiger partial charge in [-0.05, 0) is 62.0 Å². The van der Waals surface area contributed by atoms with Crippen molar-refractivity contribution >= 4 is 15.7 Å². The third-order valence-electron chi connectivity index (χ3n) is 5.30. The van der Waals surface area contributed by atoms with Crippen LogP contribution in [0.5, 0.6) is 0 Å². The lowest BCUT2D eigenvalue weighted by Gasteiger charge is -2.22. The largest absolute Gasteiger partial charge is 0.397 e. The van der Waals surface area contributed by atoms with Crippen LogP contribution in [0.4, 0.5) is 5.69 Å². The first-order valence-electron chi connectivity index (χ1n) is 7.74. The van der Waals surface area contributed by atoms with Gasteiger partial charge in [0, 0.05) is 6.54 Å². The number of benzene rings is 1. The van der Waals surface area contributed by atoms with Crippen LogP contribution in [-0.4, -0.2) is 15.0 Å². The highest BCUT2D eigenvalue weighted by atomic mass is 32.2. The van der Waals surface area contributed by atoms with Gasteiger partial charge in [0.1, 0.15) is 4.90 Å². The lowest BCUT2D eigenvalue weighted by Crippen LogP contribution is -2.32. The van der Waals surface area contributed by atoms with Crippen LogP contribution in [0.2, 0.25) is 0 Å². The minimum Gasteiger partial charge on any atom is -0.397 e. The highest BCUT2D eigenvalue weighted by molar-refractivity contribution is 7.89. The molecule has 5 heteroatoms. The molecule has 2 fully saturated rings. The Kier molecular flexibility index (Phi) is 3.74. The molecule has 2 bridgehead atoms. The van der Waals surface area contributed by atoms with Gasteiger partial charge in [-0.2, -0.15) is 0 Å². The third-order valence-corrected chi connectivity index (χ3v) is 6.93. The summed E-state index contributed by atoms with van der Waals surface area (Å²) in [5, 5.41) is 0. The van der Waals surface area contributed by atoms with Gasteiger partial charge in [-0.25, -0.2) is 13.1 Å². The molecule has 0 radical (unpaired) electrons. The van der Waals surface area contributed by atoms with E-state index in [1.807, 2.05) is 19.1 Å². The maximum Gasteiger partial charge on any atom is 0.242 e. The molecule has 116 valence electrons. The Hall–Kier alpha value is -1.07. The number of anilines is 1. The molecule has 3 rings (SSSR count). The summed E-state index contributed by atoms with van der Waals surface area (Å²) in [4.78, 5) is 0.255. The minimum absolute atomic E-state index is 0.255. The molecule has 2 aliphatic rings. The zero-order chi connectivity index (χ0) is 15.2. The van der Waals surface area contributed by atoms with Gasteiger partial charge in [0.25, 0.3) is 0 Å². The molecule has 0 amide bonds. The standard InChI is InChI=1S/C16H24N2O2S/c1-10-3-4-11(2)16(15(10)17)21(19,20)18-9-14-8-12-5-6-13(14)7-12/h3-4,12-14,18H,5-9,17H2,1-2H3. The molecule has 2 saturated carbocycles. The molecule has 0 heterocycles. The van der Waals surface area contributed by atoms with Gasteiger partial charge in [0.05, 0.1) is 5.69 Å². The van der Waals surface area contributed by atoms with E-state index in [2.05, 4.69) is 4.72 Å². The number of nitrogens with one attached hydrogen (secondary N) is 1. The van der Waals surface area contributed by atoms with Crippen molar-refractivity contribution < 1.29 is 8.42 Å². The van der Waals surface area contributed by atoms with Gasteiger partial charge in [0.15, 0.2) is 0 Å². The van der Waals surface area contributed by atoms with Crippen LogP contribution in [-0.2, 0) is 10.0 Å². The average molecular weight is 308 g/mol. The number of fused-ring (bicyclic) bond motifs is 2. The van der Waals surface area contributed by atoms with Crippen LogP contribution in [0.1, 0.15) is 36.8 Å². The van der Waals surface area contributed by atoms with Crippen LogP contribution >= 0.6 is 0 Å². The molecule has 4 nitrogen and oxygen atoms in total. The Balaban J connectivity index is 1.77. The van der Waals surface area contributed by atoms with Gasteiger partial charge in [0.2, 0.25) is 10.0 Å². The Labute approximate surface area is 127 Å². The van der Waals surface area contributed by atoms with E-state index in [0.717, 1.165) is 11.5 Å². The fourth-order valence-corrected chi connectivity index (χ4v) is 5.60. The highest BCUT2D eigenvalue weighted by Gasteiger charge is 2.39. The number of nitrogen functional groups attached to an aromatic ring is 1. The number of nitrogens with two attached hydrogens (primary N) is 1. The summed E-state index contributed by atoms with van der Waals surface area (Å²) >= 11 is 0. The number of hydrogen-bond donors (Lipinski definition) is 2. The topological polar surface area (TPSA) is 72.2 Å². The molecule has 3 N–H and O–H groups in total. The van der Waals surface area contributed by atoms with Crippen LogP contribution in [0.25, 0.3) is 0 Å². The van der Waals surface area contributed by atoms with Crippen LogP contribution in [0.3, 0.4) is 0 Å². The van der Waals surface area contributed by atoms with Crippen LogP contribution < -0.4 is 10.5 Å². The van der Waals surface area contributed by atoms with E-state index in [4.69, 9.17) is 5.73 Å². The number of hydrogen-bond acceptors (Lipinski definition) is 3. The van der Waals surface area contributed by atoms with E-state index in [-0.39, 0.29) is 4.90 Å². The molecular formula is C16H24N2O2S. The normalized spacial score (nSPS) is 28.2. The van der Waals surface area contributed by atoms with Crippen LogP contribution in [0, 0.1) is 31.6 Å². The first-order chi connectivity index (χ1) is 9.88. The van der Waals surface area contributed by atoms with Gasteiger partial charge in [-0.3, -0.25) is 0 Å². The molecule has 1 aromatic rings. The van der Waals surface area contributed by atoms with E-state index in [1.165, 1.54) is 25.7 Å². The molecular weight excluding hydrogens is 284 g/mol. The predicted molar refractivity (Wildman–Crippen MR) is 84.5 cm³/mol. The summed E-state index contributed by atoms with van der Waals surface area (Å²) in [6, 6.07) is 3.68. The van der Waals surface area contributed by atoms with Crippen molar-refractivity contribution in [2.75, 3.05) is 12.3 Å². The molecule has 0 aromatic heterocycles. The van der Waals surface area contributed by atoms with Gasteiger partial charge in [-0.15, -0.1) is 0 Å². The first kappa shape index (κ1) is 14.9. The second kappa shape index (κ2) is 5.29. The Morgan fingerprint density at radius 3 is 2.52 bits per heavy atom. The summed E-state index contributed by atoms with van der Waals surface area (Å²) in [5.41, 5.74) is 7.88. The first-order valence-corrected chi connectivity index (χ1v) is 9.22. The lowest BCUT2D eigenvalue weighted by atomic mass is 9.89. The number of rotatable bonds is 4. The van der Waals surface area contributed by atoms with Crippen molar-refractivity contribution in [1.82, 2.24) is 4.72 Å². The van der Waals surface area contributed by atoms with Gasteiger partial charge in [-0.1, -0.05) is 18.6 Å². The smallest absolute Gasteiger partial charge is 0.242 e. The van der Waals surface area contributed by atoms with Crippen molar-refractivity contribution in [2.24, 2.45) is 17.8 Å². The molecule has 2 aliphatic carbocycles. The summed E-state index contributed by atoms with van der Waals surface area (Å²) in [6.45, 7) is 4.18. The monoisotopic (exact) mass is 308 g/mol. The summed E-state index contributed by atoms with van der Waals surface area (Å²) < 4.78 is 28.0. The molecule has 21 heavy (non-hydrogen) atoms. The maximum atomic E-state index is 12.6. The molecule has 3 unspecified atom stereocenters. The summed E-state index contributed by atoms with van der Waals surface area (Å²) in [6.07, 6.45) is 5.06. The van der Waals surface area contributed by atoms with Gasteiger partial charge >= 0.3 is 0 Å². The molecule has 3 atom stereocenters. The van der Waals surface area contributed by atoms with E-state index < -0.39 is 10.0 Å². The SMILES string of the molecule is Cc1ccc(C)c(S(=O)(=O)NCC2CC3CCC2C3)c1N. The minimum atomic E-state index is -3.52. The van der Waals surface area contributed by atoms with Crippen molar-refractivity contribution in [3.8, 4) is 0 Å². The Morgan fingerprint density at radius 2 is 1.90 bits per heavy atom. The van der Waals surface area contributed by atoms with Crippen molar-refractivity contribution in [3.05, 3.63) is 23.3 Å². The van der Waals surface area contributed by atoms with Crippen molar-refractivity contribution in [2.45, 2.75) is 44.4 Å². The molecule has 0 spiro atoms. The van der Waals surface area contributed by atoms with E-state index >= 15 is 0 Å². The third kappa shape index (κ3) is 2.69. The second-order valence-electron chi connectivity index (χ2n) is 6.73. The second-order valence-corrected chi connectivity index (χ2v) is 8.43. The molecule has 0 aliphatic heterocycles. The van der Waals surface area contributed by atoms with Gasteiger partial charge < -0.3 is 5.73 Å². The fourth-order valence-electron chi connectivity index (χ4n) is 4.08. The highest BCUT2D eigenvalue weighted by Crippen LogP contribution is 2.48. The Morgan fingerprint density at radius 1 is 1.19 bits per heavy atom. The van der Waals surface area contributed by atoms with Crippen LogP contribution in [0.15, 0.2) is 17.0 Å². The van der Waals surface area contributed by atoms with E-state index in [9.17, 15) is 8.42 Å². The lowest BCUT2D eigenvalue weighted by molar-refractivity contribution is 0.333. The maximum absolute atomic E-state index is 12.6. The average Bonchev–Trinajstić information content (AvgIpc) is 3.03. The summed E-state index contributed by atoms with van der Waals surface area (Å²) in [7, 11) is -3.52. The zero-order valence-electron chi connectivity index (χ0n) is 12.7. The quantitative estimate of drug-likeness (QED) is 0.840. The molecule has 1 aromatic carbocycles. The zero-order valence-corrected chi connectivity index (χ0v) is 13.5. The number of sulfonamides is 1. The van der Waals surface area contributed by atoms with Crippen molar-refractivity contribution in [1.29, 1.82) is 0 Å². The van der Waals surface area contributed by atoms with E-state index in [1.54, 1.807) is 6.92 Å².